The highest BCUT2D eigenvalue weighted by Crippen LogP contribution is 2.32. The van der Waals surface area contributed by atoms with Crippen LogP contribution in [0.1, 0.15) is 0 Å². The topological polar surface area (TPSA) is 79.4 Å². The number of pyridine rings is 1. The molecule has 0 unspecified atom stereocenters. The predicted octanol–water partition coefficient (Wildman–Crippen LogP) is 4.31. The molecule has 5 aromatic rings. The van der Waals surface area contributed by atoms with Crippen molar-refractivity contribution >= 4 is 33.2 Å². The number of nitrogens with one attached hydrogen (secondary N) is 2. The van der Waals surface area contributed by atoms with Gasteiger partial charge in [-0.3, -0.25) is 0 Å². The predicted molar refractivity (Wildman–Crippen MR) is 102 cm³/mol. The number of tetrazole rings is 1. The zero-order valence-electron chi connectivity index (χ0n) is 13.7. The summed E-state index contributed by atoms with van der Waals surface area (Å²) in [5.41, 5.74) is 2.75. The second kappa shape index (κ2) is 5.93. The Hall–Kier alpha value is -3.80. The number of benzene rings is 3. The number of fused-ring (bicyclic) bond motifs is 3. The van der Waals surface area contributed by atoms with Crippen LogP contribution in [-0.2, 0) is 0 Å². The van der Waals surface area contributed by atoms with Crippen LogP contribution in [0.4, 0.5) is 11.5 Å². The first-order valence-corrected chi connectivity index (χ1v) is 8.27. The molecule has 6 heteroatoms. The van der Waals surface area contributed by atoms with Crippen molar-refractivity contribution in [1.29, 1.82) is 0 Å². The highest BCUT2D eigenvalue weighted by atomic mass is 15.5. The Morgan fingerprint density at radius 3 is 2.38 bits per heavy atom. The minimum absolute atomic E-state index is 0.555. The average molecular weight is 338 g/mol. The number of aromatic nitrogens is 5. The number of aromatic amines is 1. The van der Waals surface area contributed by atoms with Gasteiger partial charge in [0.15, 0.2) is 0 Å². The van der Waals surface area contributed by atoms with Crippen molar-refractivity contribution in [3.8, 4) is 11.4 Å². The standard InChI is InChI=1S/C20H14N6/c1-2-6-14(7-3-1)21-20-17-9-5-4-8-15(17)16-11-10-13(12-18(16)22-20)19-23-25-26-24-19/h1-12H,(H,21,22)(H,23,24,25,26). The van der Waals surface area contributed by atoms with E-state index in [-0.39, 0.29) is 0 Å². The minimum atomic E-state index is 0.555. The fourth-order valence-electron chi connectivity index (χ4n) is 3.13. The number of anilines is 2. The van der Waals surface area contributed by atoms with Gasteiger partial charge in [0.1, 0.15) is 5.82 Å². The van der Waals surface area contributed by atoms with Crippen molar-refractivity contribution in [2.45, 2.75) is 0 Å². The van der Waals surface area contributed by atoms with Crippen molar-refractivity contribution in [2.24, 2.45) is 0 Å². The Balaban J connectivity index is 1.74. The third kappa shape index (κ3) is 2.44. The molecule has 6 nitrogen and oxygen atoms in total. The van der Waals surface area contributed by atoms with Crippen molar-refractivity contribution < 1.29 is 0 Å². The molecule has 124 valence electrons. The normalized spacial score (nSPS) is 11.1. The molecule has 0 bridgehead atoms. The SMILES string of the molecule is c1ccc(Nc2nc3cc(-c4nn[nH]n4)ccc3c3ccccc23)cc1. The van der Waals surface area contributed by atoms with E-state index in [0.29, 0.717) is 5.82 Å². The summed E-state index contributed by atoms with van der Waals surface area (Å²) < 4.78 is 0. The van der Waals surface area contributed by atoms with Gasteiger partial charge in [0.2, 0.25) is 5.82 Å². The number of nitrogens with zero attached hydrogens (tertiary/aromatic N) is 4. The summed E-state index contributed by atoms with van der Waals surface area (Å²) in [6.45, 7) is 0. The lowest BCUT2D eigenvalue weighted by Crippen LogP contribution is -1.96. The van der Waals surface area contributed by atoms with Gasteiger partial charge < -0.3 is 5.32 Å². The van der Waals surface area contributed by atoms with E-state index < -0.39 is 0 Å². The maximum absolute atomic E-state index is 4.87. The minimum Gasteiger partial charge on any atom is -0.340 e. The van der Waals surface area contributed by atoms with E-state index in [9.17, 15) is 0 Å². The average Bonchev–Trinajstić information content (AvgIpc) is 3.23. The molecular formula is C20H14N6. The van der Waals surface area contributed by atoms with E-state index in [4.69, 9.17) is 4.98 Å². The highest BCUT2D eigenvalue weighted by Gasteiger charge is 2.11. The second-order valence-corrected chi connectivity index (χ2v) is 5.96. The third-order valence-electron chi connectivity index (χ3n) is 4.34. The van der Waals surface area contributed by atoms with Crippen LogP contribution in [-0.4, -0.2) is 25.6 Å². The summed E-state index contributed by atoms with van der Waals surface area (Å²) in [6.07, 6.45) is 0. The first-order chi connectivity index (χ1) is 12.9. The second-order valence-electron chi connectivity index (χ2n) is 5.96. The van der Waals surface area contributed by atoms with Crippen LogP contribution < -0.4 is 5.32 Å². The van der Waals surface area contributed by atoms with Gasteiger partial charge in [-0.1, -0.05) is 54.6 Å². The molecule has 2 N–H and O–H groups in total. The molecule has 0 spiro atoms. The van der Waals surface area contributed by atoms with E-state index in [2.05, 4.69) is 44.1 Å². The zero-order chi connectivity index (χ0) is 17.3. The molecule has 0 aliphatic heterocycles. The quantitative estimate of drug-likeness (QED) is 0.479. The van der Waals surface area contributed by atoms with Gasteiger partial charge >= 0.3 is 0 Å². The lowest BCUT2D eigenvalue weighted by molar-refractivity contribution is 0.881. The van der Waals surface area contributed by atoms with Gasteiger partial charge in [-0.2, -0.15) is 5.21 Å². The molecule has 0 saturated heterocycles. The summed E-state index contributed by atoms with van der Waals surface area (Å²) >= 11 is 0. The van der Waals surface area contributed by atoms with E-state index in [1.807, 2.05) is 54.6 Å². The number of hydrogen-bond acceptors (Lipinski definition) is 5. The van der Waals surface area contributed by atoms with Crippen molar-refractivity contribution in [2.75, 3.05) is 5.32 Å². The van der Waals surface area contributed by atoms with Crippen LogP contribution in [0.3, 0.4) is 0 Å². The van der Waals surface area contributed by atoms with Crippen molar-refractivity contribution in [3.05, 3.63) is 72.8 Å². The summed E-state index contributed by atoms with van der Waals surface area (Å²) in [5.74, 6) is 1.38. The van der Waals surface area contributed by atoms with Gasteiger partial charge in [-0.25, -0.2) is 4.98 Å². The molecule has 2 aromatic heterocycles. The number of H-pyrrole nitrogens is 1. The Kier molecular flexibility index (Phi) is 3.31. The summed E-state index contributed by atoms with van der Waals surface area (Å²) in [4.78, 5) is 4.87. The monoisotopic (exact) mass is 338 g/mol. The molecule has 26 heavy (non-hydrogen) atoms. The maximum Gasteiger partial charge on any atom is 0.204 e. The molecule has 0 radical (unpaired) electrons. The summed E-state index contributed by atoms with van der Waals surface area (Å²) in [5, 5.41) is 21.0. The van der Waals surface area contributed by atoms with Crippen molar-refractivity contribution in [1.82, 2.24) is 25.6 Å². The Morgan fingerprint density at radius 1 is 0.769 bits per heavy atom. The fourth-order valence-corrected chi connectivity index (χ4v) is 3.13. The number of rotatable bonds is 3. The van der Waals surface area contributed by atoms with E-state index in [1.165, 1.54) is 0 Å². The van der Waals surface area contributed by atoms with Gasteiger partial charge in [0.25, 0.3) is 0 Å². The van der Waals surface area contributed by atoms with Crippen LogP contribution in [0.2, 0.25) is 0 Å². The maximum atomic E-state index is 4.87. The van der Waals surface area contributed by atoms with Gasteiger partial charge in [0.05, 0.1) is 5.52 Å². The first kappa shape index (κ1) is 14.5. The Labute approximate surface area is 148 Å². The summed E-state index contributed by atoms with van der Waals surface area (Å²) in [6, 6.07) is 24.3. The first-order valence-electron chi connectivity index (χ1n) is 8.27. The van der Waals surface area contributed by atoms with Gasteiger partial charge in [-0.15, -0.1) is 10.2 Å². The van der Waals surface area contributed by atoms with Gasteiger partial charge in [0, 0.05) is 22.0 Å². The molecule has 3 aromatic carbocycles. The zero-order valence-corrected chi connectivity index (χ0v) is 13.7. The lowest BCUT2D eigenvalue weighted by atomic mass is 10.0. The van der Waals surface area contributed by atoms with Crippen LogP contribution in [0, 0.1) is 0 Å². The molecule has 0 saturated carbocycles. The molecule has 0 amide bonds. The van der Waals surface area contributed by atoms with Crippen LogP contribution in [0.5, 0.6) is 0 Å². The van der Waals surface area contributed by atoms with E-state index in [1.54, 1.807) is 0 Å². The molecule has 0 atom stereocenters. The third-order valence-corrected chi connectivity index (χ3v) is 4.34. The Bertz CT molecular complexity index is 1200. The molecular weight excluding hydrogens is 324 g/mol. The number of para-hydroxylation sites is 1. The molecule has 0 aliphatic rings. The summed E-state index contributed by atoms with van der Waals surface area (Å²) in [7, 11) is 0. The largest absolute Gasteiger partial charge is 0.340 e. The van der Waals surface area contributed by atoms with Crippen LogP contribution >= 0.6 is 0 Å². The molecule has 0 aliphatic carbocycles. The van der Waals surface area contributed by atoms with E-state index in [0.717, 1.165) is 38.7 Å². The van der Waals surface area contributed by atoms with Gasteiger partial charge in [-0.05, 0) is 28.8 Å². The molecule has 0 fully saturated rings. The van der Waals surface area contributed by atoms with Crippen LogP contribution in [0.25, 0.3) is 33.1 Å². The highest BCUT2D eigenvalue weighted by molar-refractivity contribution is 6.11. The number of hydrogen-bond donors (Lipinski definition) is 2. The van der Waals surface area contributed by atoms with Crippen molar-refractivity contribution in [3.63, 3.8) is 0 Å². The Morgan fingerprint density at radius 2 is 1.58 bits per heavy atom. The smallest absolute Gasteiger partial charge is 0.204 e. The van der Waals surface area contributed by atoms with E-state index >= 15 is 0 Å². The van der Waals surface area contributed by atoms with Crippen LogP contribution in [0.15, 0.2) is 72.8 Å². The lowest BCUT2D eigenvalue weighted by Gasteiger charge is -2.12. The molecule has 2 heterocycles. The fraction of sp³-hybridized carbons (Fsp3) is 0. The molecule has 5 rings (SSSR count).